The summed E-state index contributed by atoms with van der Waals surface area (Å²) in [5.74, 6) is 2.34. The highest BCUT2D eigenvalue weighted by Gasteiger charge is 2.20. The maximum absolute atomic E-state index is 12.2. The van der Waals surface area contributed by atoms with Crippen molar-refractivity contribution in [1.82, 2.24) is 19.9 Å². The molecule has 1 saturated heterocycles. The molecule has 0 spiro atoms. The second kappa shape index (κ2) is 9.76. The van der Waals surface area contributed by atoms with Gasteiger partial charge in [0.05, 0.1) is 12.8 Å². The van der Waals surface area contributed by atoms with Crippen molar-refractivity contribution in [2.75, 3.05) is 43.1 Å². The molecule has 1 amide bonds. The number of fused-ring (bicyclic) bond motifs is 1. The molecule has 5 N–H and O–H groups in total. The average molecular weight is 468 g/mol. The van der Waals surface area contributed by atoms with Crippen LogP contribution in [-0.2, 0) is 4.74 Å². The smallest absolute Gasteiger partial charge is 0.412 e. The van der Waals surface area contributed by atoms with Gasteiger partial charge in [0.25, 0.3) is 0 Å². The molecule has 0 saturated carbocycles. The third-order valence-corrected chi connectivity index (χ3v) is 5.76. The summed E-state index contributed by atoms with van der Waals surface area (Å²) in [5, 5.41) is 14.1. The molecule has 1 aliphatic heterocycles. The quantitative estimate of drug-likeness (QED) is 0.432. The van der Waals surface area contributed by atoms with Crippen molar-refractivity contribution < 1.29 is 14.3 Å². The maximum atomic E-state index is 12.2. The molecule has 2 aromatic heterocycles. The molecule has 1 aliphatic rings. The SMILES string of the molecule is COc1cc(-c2cc(NCC3CCNCC3)n3ncnc(N)c23)ccc1NC(=O)OC(C)(C)C. The first-order chi connectivity index (χ1) is 16.2. The van der Waals surface area contributed by atoms with E-state index < -0.39 is 11.7 Å². The van der Waals surface area contributed by atoms with E-state index in [4.69, 9.17) is 15.2 Å². The topological polar surface area (TPSA) is 128 Å². The Labute approximate surface area is 199 Å². The number of nitrogens with two attached hydrogens (primary N) is 1. The van der Waals surface area contributed by atoms with Crippen LogP contribution in [0.15, 0.2) is 30.6 Å². The molecule has 1 aromatic carbocycles. The fraction of sp³-hybridized carbons (Fsp3) is 0.458. The zero-order valence-electron chi connectivity index (χ0n) is 20.1. The van der Waals surface area contributed by atoms with E-state index in [1.165, 1.54) is 6.33 Å². The highest BCUT2D eigenvalue weighted by atomic mass is 16.6. The molecule has 0 bridgehead atoms. The number of aromatic nitrogens is 3. The Morgan fingerprint density at radius 2 is 2.03 bits per heavy atom. The summed E-state index contributed by atoms with van der Waals surface area (Å²) in [5.41, 5.74) is 8.61. The molecule has 182 valence electrons. The molecule has 10 heteroatoms. The van der Waals surface area contributed by atoms with Gasteiger partial charge in [0.1, 0.15) is 29.0 Å². The van der Waals surface area contributed by atoms with Crippen LogP contribution in [0.3, 0.4) is 0 Å². The lowest BCUT2D eigenvalue weighted by Gasteiger charge is -2.22. The Hall–Kier alpha value is -3.53. The number of amides is 1. The van der Waals surface area contributed by atoms with Crippen molar-refractivity contribution in [3.63, 3.8) is 0 Å². The van der Waals surface area contributed by atoms with Gasteiger partial charge in [0.15, 0.2) is 5.82 Å². The highest BCUT2D eigenvalue weighted by molar-refractivity contribution is 5.93. The minimum absolute atomic E-state index is 0.384. The summed E-state index contributed by atoms with van der Waals surface area (Å²) in [7, 11) is 1.56. The summed E-state index contributed by atoms with van der Waals surface area (Å²) in [6.45, 7) is 8.40. The van der Waals surface area contributed by atoms with Gasteiger partial charge in [-0.1, -0.05) is 6.07 Å². The minimum atomic E-state index is -0.599. The number of nitrogens with one attached hydrogen (secondary N) is 3. The van der Waals surface area contributed by atoms with Crippen molar-refractivity contribution >= 4 is 28.9 Å². The monoisotopic (exact) mass is 467 g/mol. The lowest BCUT2D eigenvalue weighted by molar-refractivity contribution is 0.0635. The number of hydrogen-bond donors (Lipinski definition) is 4. The van der Waals surface area contributed by atoms with E-state index in [9.17, 15) is 4.79 Å². The van der Waals surface area contributed by atoms with Crippen LogP contribution in [-0.4, -0.2) is 53.0 Å². The number of methoxy groups -OCH3 is 1. The van der Waals surface area contributed by atoms with Gasteiger partial charge in [-0.25, -0.2) is 14.3 Å². The zero-order chi connectivity index (χ0) is 24.3. The van der Waals surface area contributed by atoms with Crippen LogP contribution in [0, 0.1) is 5.92 Å². The molecule has 0 aliphatic carbocycles. The first-order valence-corrected chi connectivity index (χ1v) is 11.5. The normalized spacial score (nSPS) is 14.7. The number of anilines is 3. The Morgan fingerprint density at radius 3 is 2.74 bits per heavy atom. The summed E-state index contributed by atoms with van der Waals surface area (Å²) in [6, 6.07) is 7.56. The summed E-state index contributed by atoms with van der Waals surface area (Å²) in [6.07, 6.45) is 3.19. The molecule has 3 aromatic rings. The largest absolute Gasteiger partial charge is 0.495 e. The van der Waals surface area contributed by atoms with Crippen LogP contribution in [0.25, 0.3) is 16.6 Å². The Kier molecular flexibility index (Phi) is 6.78. The molecule has 3 heterocycles. The van der Waals surface area contributed by atoms with Crippen molar-refractivity contribution in [2.45, 2.75) is 39.2 Å². The van der Waals surface area contributed by atoms with Crippen LogP contribution in [0.5, 0.6) is 5.75 Å². The number of piperidine rings is 1. The number of nitrogen functional groups attached to an aromatic ring is 1. The van der Waals surface area contributed by atoms with Crippen molar-refractivity contribution in [1.29, 1.82) is 0 Å². The third-order valence-electron chi connectivity index (χ3n) is 5.76. The van der Waals surface area contributed by atoms with Crippen LogP contribution in [0.2, 0.25) is 0 Å². The van der Waals surface area contributed by atoms with Gasteiger partial charge in [0, 0.05) is 12.1 Å². The van der Waals surface area contributed by atoms with Gasteiger partial charge in [-0.15, -0.1) is 0 Å². The van der Waals surface area contributed by atoms with Gasteiger partial charge in [-0.3, -0.25) is 5.32 Å². The van der Waals surface area contributed by atoms with E-state index >= 15 is 0 Å². The van der Waals surface area contributed by atoms with E-state index in [-0.39, 0.29) is 0 Å². The standard InChI is InChI=1S/C24H33N7O3/c1-24(2,3)34-23(32)30-18-6-5-16(11-19(18)33-4)17-12-20(27-13-15-7-9-26-10-8-15)31-21(17)22(25)28-14-29-31/h5-6,11-12,14-15,26-27H,7-10,13H2,1-4H3,(H,30,32)(H2,25,28,29). The second-order valence-electron chi connectivity index (χ2n) is 9.47. The lowest BCUT2D eigenvalue weighted by Crippen LogP contribution is -2.31. The lowest BCUT2D eigenvalue weighted by atomic mass is 9.98. The molecule has 34 heavy (non-hydrogen) atoms. The number of carbonyl (C=O) groups is 1. The van der Waals surface area contributed by atoms with Crippen LogP contribution in [0.4, 0.5) is 22.1 Å². The number of hydrogen-bond acceptors (Lipinski definition) is 8. The fourth-order valence-corrected chi connectivity index (χ4v) is 4.12. The van der Waals surface area contributed by atoms with E-state index in [0.29, 0.717) is 28.7 Å². The third kappa shape index (κ3) is 5.33. The molecular weight excluding hydrogens is 434 g/mol. The Morgan fingerprint density at radius 1 is 1.26 bits per heavy atom. The summed E-state index contributed by atoms with van der Waals surface area (Å²) < 4.78 is 12.7. The average Bonchev–Trinajstić information content (AvgIpc) is 3.17. The van der Waals surface area contributed by atoms with Crippen molar-refractivity contribution in [3.8, 4) is 16.9 Å². The van der Waals surface area contributed by atoms with Gasteiger partial charge < -0.3 is 25.8 Å². The summed E-state index contributed by atoms with van der Waals surface area (Å²) >= 11 is 0. The predicted molar refractivity (Wildman–Crippen MR) is 133 cm³/mol. The van der Waals surface area contributed by atoms with Crippen LogP contribution < -0.4 is 26.4 Å². The minimum Gasteiger partial charge on any atom is -0.495 e. The van der Waals surface area contributed by atoms with Crippen molar-refractivity contribution in [2.24, 2.45) is 5.92 Å². The van der Waals surface area contributed by atoms with Crippen LogP contribution in [0.1, 0.15) is 33.6 Å². The molecular formula is C24H33N7O3. The predicted octanol–water partition coefficient (Wildman–Crippen LogP) is 3.75. The van der Waals surface area contributed by atoms with Crippen molar-refractivity contribution in [3.05, 3.63) is 30.6 Å². The number of nitrogens with zero attached hydrogens (tertiary/aromatic N) is 3. The molecule has 0 unspecified atom stereocenters. The number of rotatable bonds is 6. The van der Waals surface area contributed by atoms with Crippen LogP contribution >= 0.6 is 0 Å². The van der Waals surface area contributed by atoms with E-state index in [0.717, 1.165) is 49.4 Å². The molecule has 10 nitrogen and oxygen atoms in total. The molecule has 0 radical (unpaired) electrons. The summed E-state index contributed by atoms with van der Waals surface area (Å²) in [4.78, 5) is 16.4. The number of carbonyl (C=O) groups excluding carboxylic acids is 1. The molecule has 4 rings (SSSR count). The van der Waals surface area contributed by atoms with E-state index in [1.807, 2.05) is 39.0 Å². The van der Waals surface area contributed by atoms with Gasteiger partial charge in [0.2, 0.25) is 0 Å². The van der Waals surface area contributed by atoms with Gasteiger partial charge in [-0.2, -0.15) is 5.10 Å². The zero-order valence-corrected chi connectivity index (χ0v) is 20.1. The Balaban J connectivity index is 1.64. The Bertz CT molecular complexity index is 1160. The van der Waals surface area contributed by atoms with E-state index in [1.54, 1.807) is 17.7 Å². The van der Waals surface area contributed by atoms with Gasteiger partial charge >= 0.3 is 6.09 Å². The highest BCUT2D eigenvalue weighted by Crippen LogP contribution is 2.37. The second-order valence-corrected chi connectivity index (χ2v) is 9.47. The molecule has 0 atom stereocenters. The van der Waals surface area contributed by atoms with Gasteiger partial charge in [-0.05, 0) is 76.4 Å². The molecule has 1 fully saturated rings. The first-order valence-electron chi connectivity index (χ1n) is 11.5. The fourth-order valence-electron chi connectivity index (χ4n) is 4.12. The maximum Gasteiger partial charge on any atom is 0.412 e. The van der Waals surface area contributed by atoms with E-state index in [2.05, 4.69) is 26.0 Å². The first kappa shape index (κ1) is 23.6. The number of benzene rings is 1. The number of ether oxygens (including phenoxy) is 2.